The van der Waals surface area contributed by atoms with Gasteiger partial charge in [-0.15, -0.1) is 16.8 Å². The number of hydroxylamine groups is 1. The molecule has 0 fully saturated rings. The highest BCUT2D eigenvalue weighted by Gasteiger charge is 2.23. The number of likely N-dealkylation sites (N-methyl/N-ethyl adjacent to an activating group) is 1. The Morgan fingerprint density at radius 3 is 2.94 bits per heavy atom. The van der Waals surface area contributed by atoms with Crippen LogP contribution in [0.25, 0.3) is 0 Å². The number of thiazole rings is 1. The van der Waals surface area contributed by atoms with Crippen LogP contribution >= 0.6 is 22.9 Å². The molecule has 1 heterocycles. The van der Waals surface area contributed by atoms with Crippen molar-refractivity contribution in [3.63, 3.8) is 0 Å². The molecule has 0 bridgehead atoms. The standard InChI is InChI=1S/C9H15ClN4O3S/c1-3-13(5-7-4-11-9(10)18-7)6-8(12-17-2)14(15)16/h4,8,12H,3,5-6H2,1-2H3. The van der Waals surface area contributed by atoms with E-state index in [1.54, 1.807) is 6.20 Å². The molecule has 0 aromatic carbocycles. The molecule has 7 nitrogen and oxygen atoms in total. The summed E-state index contributed by atoms with van der Waals surface area (Å²) in [6, 6.07) is 0. The maximum absolute atomic E-state index is 10.8. The predicted molar refractivity (Wildman–Crippen MR) is 69.0 cm³/mol. The molecular formula is C9H15ClN4O3S. The number of hydrogen-bond donors (Lipinski definition) is 1. The van der Waals surface area contributed by atoms with Crippen molar-refractivity contribution in [2.75, 3.05) is 20.2 Å². The second kappa shape index (κ2) is 7.59. The Balaban J connectivity index is 2.57. The largest absolute Gasteiger partial charge is 0.299 e. The average Bonchev–Trinajstić information content (AvgIpc) is 2.72. The Bertz CT molecular complexity index is 390. The molecule has 0 saturated heterocycles. The van der Waals surface area contributed by atoms with Gasteiger partial charge in [0.25, 0.3) is 6.17 Å². The topological polar surface area (TPSA) is 80.5 Å². The highest BCUT2D eigenvalue weighted by molar-refractivity contribution is 7.15. The van der Waals surface area contributed by atoms with Crippen molar-refractivity contribution < 1.29 is 9.76 Å². The summed E-state index contributed by atoms with van der Waals surface area (Å²) < 4.78 is 0.474. The Morgan fingerprint density at radius 1 is 1.78 bits per heavy atom. The molecule has 18 heavy (non-hydrogen) atoms. The van der Waals surface area contributed by atoms with Crippen molar-refractivity contribution >= 4 is 22.9 Å². The summed E-state index contributed by atoms with van der Waals surface area (Å²) in [6.45, 7) is 3.45. The summed E-state index contributed by atoms with van der Waals surface area (Å²) in [4.78, 5) is 21.8. The highest BCUT2D eigenvalue weighted by Crippen LogP contribution is 2.19. The first kappa shape index (κ1) is 15.3. The molecule has 0 saturated carbocycles. The molecule has 0 aliphatic heterocycles. The molecule has 1 N–H and O–H groups in total. The first-order chi connectivity index (χ1) is 8.56. The molecule has 1 aromatic rings. The van der Waals surface area contributed by atoms with Crippen LogP contribution in [0.5, 0.6) is 0 Å². The lowest BCUT2D eigenvalue weighted by Gasteiger charge is -2.21. The lowest BCUT2D eigenvalue weighted by Crippen LogP contribution is -2.45. The minimum atomic E-state index is -0.960. The Labute approximate surface area is 114 Å². The van der Waals surface area contributed by atoms with Crippen LogP contribution in [0.1, 0.15) is 11.8 Å². The van der Waals surface area contributed by atoms with Crippen LogP contribution in [0, 0.1) is 10.1 Å². The van der Waals surface area contributed by atoms with E-state index in [2.05, 4.69) is 15.3 Å². The Hall–Kier alpha value is -0.800. The molecule has 0 amide bonds. The van der Waals surface area contributed by atoms with Gasteiger partial charge in [0.2, 0.25) is 0 Å². The van der Waals surface area contributed by atoms with E-state index in [4.69, 9.17) is 11.6 Å². The second-order valence-electron chi connectivity index (χ2n) is 3.53. The van der Waals surface area contributed by atoms with Gasteiger partial charge in [0.05, 0.1) is 13.7 Å². The number of nitrogens with one attached hydrogen (secondary N) is 1. The Morgan fingerprint density at radius 2 is 2.50 bits per heavy atom. The summed E-state index contributed by atoms with van der Waals surface area (Å²) in [5.41, 5.74) is 2.36. The summed E-state index contributed by atoms with van der Waals surface area (Å²) in [6.07, 6.45) is 0.721. The van der Waals surface area contributed by atoms with E-state index in [0.29, 0.717) is 17.6 Å². The van der Waals surface area contributed by atoms with Crippen LogP contribution < -0.4 is 5.48 Å². The van der Waals surface area contributed by atoms with Gasteiger partial charge in [0.15, 0.2) is 4.47 Å². The van der Waals surface area contributed by atoms with Gasteiger partial charge in [-0.25, -0.2) is 4.98 Å². The van der Waals surface area contributed by atoms with E-state index in [1.165, 1.54) is 18.4 Å². The summed E-state index contributed by atoms with van der Waals surface area (Å²) in [5, 5.41) is 10.8. The number of nitrogens with zero attached hydrogens (tertiary/aromatic N) is 3. The molecule has 1 unspecified atom stereocenters. The third-order valence-corrected chi connectivity index (χ3v) is 3.39. The van der Waals surface area contributed by atoms with E-state index in [0.717, 1.165) is 4.88 Å². The van der Waals surface area contributed by atoms with Crippen LogP contribution in [0.3, 0.4) is 0 Å². The quantitative estimate of drug-likeness (QED) is 0.443. The fraction of sp³-hybridized carbons (Fsp3) is 0.667. The van der Waals surface area contributed by atoms with Crippen LogP contribution in [0.2, 0.25) is 4.47 Å². The molecule has 0 aliphatic rings. The zero-order valence-corrected chi connectivity index (χ0v) is 11.7. The number of nitro groups is 1. The molecule has 1 rings (SSSR count). The molecule has 0 aliphatic carbocycles. The van der Waals surface area contributed by atoms with E-state index >= 15 is 0 Å². The number of hydrogen-bond acceptors (Lipinski definition) is 7. The minimum absolute atomic E-state index is 0.243. The molecule has 102 valence electrons. The van der Waals surface area contributed by atoms with Gasteiger partial charge in [-0.2, -0.15) is 0 Å². The predicted octanol–water partition coefficient (Wildman–Crippen LogP) is 1.37. The lowest BCUT2D eigenvalue weighted by atomic mass is 10.4. The van der Waals surface area contributed by atoms with E-state index in [1.807, 2.05) is 11.8 Å². The zero-order valence-electron chi connectivity index (χ0n) is 10.1. The number of halogens is 1. The van der Waals surface area contributed by atoms with E-state index in [-0.39, 0.29) is 6.54 Å². The van der Waals surface area contributed by atoms with Gasteiger partial charge in [-0.3, -0.25) is 19.9 Å². The first-order valence-corrected chi connectivity index (χ1v) is 6.50. The first-order valence-electron chi connectivity index (χ1n) is 5.31. The van der Waals surface area contributed by atoms with Gasteiger partial charge in [0, 0.05) is 22.5 Å². The van der Waals surface area contributed by atoms with Gasteiger partial charge < -0.3 is 0 Å². The van der Waals surface area contributed by atoms with Crippen molar-refractivity contribution in [2.24, 2.45) is 0 Å². The Kier molecular flexibility index (Phi) is 6.44. The van der Waals surface area contributed by atoms with Gasteiger partial charge in [-0.1, -0.05) is 18.5 Å². The number of rotatable bonds is 8. The average molecular weight is 295 g/mol. The van der Waals surface area contributed by atoms with Gasteiger partial charge >= 0.3 is 0 Å². The van der Waals surface area contributed by atoms with Gasteiger partial charge in [-0.05, 0) is 6.54 Å². The monoisotopic (exact) mass is 294 g/mol. The minimum Gasteiger partial charge on any atom is -0.299 e. The van der Waals surface area contributed by atoms with Crippen LogP contribution in [0.4, 0.5) is 0 Å². The zero-order chi connectivity index (χ0) is 13.5. The summed E-state index contributed by atoms with van der Waals surface area (Å²) in [5.74, 6) is 0. The third-order valence-electron chi connectivity index (χ3n) is 2.29. The molecule has 1 aromatic heterocycles. The van der Waals surface area contributed by atoms with Gasteiger partial charge in [0.1, 0.15) is 0 Å². The maximum Gasteiger partial charge on any atom is 0.299 e. The third kappa shape index (κ3) is 4.83. The highest BCUT2D eigenvalue weighted by atomic mass is 35.5. The van der Waals surface area contributed by atoms with Crippen molar-refractivity contribution in [2.45, 2.75) is 19.6 Å². The van der Waals surface area contributed by atoms with E-state index < -0.39 is 11.1 Å². The van der Waals surface area contributed by atoms with Crippen molar-refractivity contribution in [1.29, 1.82) is 0 Å². The summed E-state index contributed by atoms with van der Waals surface area (Å²) in [7, 11) is 1.36. The van der Waals surface area contributed by atoms with E-state index in [9.17, 15) is 10.1 Å². The molecule has 0 spiro atoms. The van der Waals surface area contributed by atoms with Crippen molar-refractivity contribution in [1.82, 2.24) is 15.4 Å². The van der Waals surface area contributed by atoms with Crippen LogP contribution in [-0.2, 0) is 11.4 Å². The van der Waals surface area contributed by atoms with Crippen molar-refractivity contribution in [3.05, 3.63) is 25.7 Å². The molecule has 9 heteroatoms. The van der Waals surface area contributed by atoms with Crippen LogP contribution in [-0.4, -0.2) is 41.2 Å². The SMILES string of the molecule is CCN(Cc1cnc(Cl)s1)CC(NOC)[N+](=O)[O-]. The molecule has 0 radical (unpaired) electrons. The van der Waals surface area contributed by atoms with Crippen molar-refractivity contribution in [3.8, 4) is 0 Å². The summed E-state index contributed by atoms with van der Waals surface area (Å²) >= 11 is 7.11. The maximum atomic E-state index is 10.8. The number of aromatic nitrogens is 1. The smallest absolute Gasteiger partial charge is 0.299 e. The molecular weight excluding hydrogens is 280 g/mol. The molecule has 1 atom stereocenters. The normalized spacial score (nSPS) is 12.9. The fourth-order valence-corrected chi connectivity index (χ4v) is 2.43. The van der Waals surface area contributed by atoms with Crippen LogP contribution in [0.15, 0.2) is 6.20 Å². The lowest BCUT2D eigenvalue weighted by molar-refractivity contribution is -0.541. The second-order valence-corrected chi connectivity index (χ2v) is 5.23. The fourth-order valence-electron chi connectivity index (χ4n) is 1.41.